The molecule has 5 heteroatoms. The Morgan fingerprint density at radius 3 is 3.19 bits per heavy atom. The number of nitrogens with zero attached hydrogens (tertiary/aromatic N) is 1. The van der Waals surface area contributed by atoms with Crippen LogP contribution in [0.15, 0.2) is 18.2 Å². The van der Waals surface area contributed by atoms with E-state index >= 15 is 0 Å². The Kier molecular flexibility index (Phi) is 3.69. The average molecular weight is 240 g/mol. The van der Waals surface area contributed by atoms with Crippen molar-refractivity contribution in [1.29, 1.82) is 0 Å². The van der Waals surface area contributed by atoms with E-state index in [9.17, 15) is 4.39 Å². The lowest BCUT2D eigenvalue weighted by Gasteiger charge is -2.00. The third-order valence-electron chi connectivity index (χ3n) is 2.15. The Balaban J connectivity index is 2.02. The molecule has 2 aromatic rings. The second-order valence-corrected chi connectivity index (χ2v) is 4.43. The summed E-state index contributed by atoms with van der Waals surface area (Å²) in [7, 11) is 1.68. The van der Waals surface area contributed by atoms with Gasteiger partial charge in [-0.25, -0.2) is 9.37 Å². The number of halogens is 1. The number of hydrogen-bond donors (Lipinski definition) is 1. The molecule has 0 amide bonds. The molecular weight excluding hydrogens is 227 g/mol. The fraction of sp³-hybridized carbons (Fsp3) is 0.364. The van der Waals surface area contributed by atoms with Crippen LogP contribution in [0.2, 0.25) is 0 Å². The average Bonchev–Trinajstić information content (AvgIpc) is 2.66. The van der Waals surface area contributed by atoms with Crippen molar-refractivity contribution in [2.24, 2.45) is 0 Å². The zero-order chi connectivity index (χ0) is 11.4. The number of nitrogens with one attached hydrogen (secondary N) is 1. The highest BCUT2D eigenvalue weighted by atomic mass is 32.1. The van der Waals surface area contributed by atoms with Crippen LogP contribution in [0.1, 0.15) is 6.42 Å². The summed E-state index contributed by atoms with van der Waals surface area (Å²) in [4.78, 5) is 4.30. The van der Waals surface area contributed by atoms with Gasteiger partial charge in [0.15, 0.2) is 5.13 Å². The molecule has 1 heterocycles. The van der Waals surface area contributed by atoms with Gasteiger partial charge in [-0.1, -0.05) is 11.3 Å². The minimum absolute atomic E-state index is 0.247. The Morgan fingerprint density at radius 2 is 2.38 bits per heavy atom. The van der Waals surface area contributed by atoms with Crippen LogP contribution in [0.25, 0.3) is 10.2 Å². The Bertz CT molecular complexity index is 472. The van der Waals surface area contributed by atoms with Gasteiger partial charge in [-0.05, 0) is 18.6 Å². The van der Waals surface area contributed by atoms with E-state index in [4.69, 9.17) is 4.74 Å². The van der Waals surface area contributed by atoms with Crippen molar-refractivity contribution in [3.63, 3.8) is 0 Å². The number of rotatable bonds is 5. The van der Waals surface area contributed by atoms with E-state index in [0.717, 1.165) is 29.4 Å². The first-order chi connectivity index (χ1) is 7.79. The summed E-state index contributed by atoms with van der Waals surface area (Å²) in [5.41, 5.74) is 0.708. The summed E-state index contributed by atoms with van der Waals surface area (Å²) in [6.07, 6.45) is 0.931. The van der Waals surface area contributed by atoms with E-state index in [1.165, 1.54) is 23.5 Å². The Hall–Kier alpha value is -1.20. The lowest BCUT2D eigenvalue weighted by molar-refractivity contribution is 0.198. The van der Waals surface area contributed by atoms with Gasteiger partial charge in [-0.3, -0.25) is 0 Å². The van der Waals surface area contributed by atoms with Gasteiger partial charge in [0, 0.05) is 26.3 Å². The third-order valence-corrected chi connectivity index (χ3v) is 3.15. The predicted molar refractivity (Wildman–Crippen MR) is 64.6 cm³/mol. The number of anilines is 1. The van der Waals surface area contributed by atoms with E-state index in [1.54, 1.807) is 13.2 Å². The van der Waals surface area contributed by atoms with Crippen molar-refractivity contribution in [1.82, 2.24) is 4.98 Å². The monoisotopic (exact) mass is 240 g/mol. The van der Waals surface area contributed by atoms with Crippen LogP contribution in [0.4, 0.5) is 9.52 Å². The summed E-state index contributed by atoms with van der Waals surface area (Å²) in [5, 5.41) is 4.02. The molecule has 0 aliphatic carbocycles. The van der Waals surface area contributed by atoms with Crippen molar-refractivity contribution in [2.75, 3.05) is 25.6 Å². The fourth-order valence-electron chi connectivity index (χ4n) is 1.39. The Morgan fingerprint density at radius 1 is 1.50 bits per heavy atom. The zero-order valence-corrected chi connectivity index (χ0v) is 9.81. The van der Waals surface area contributed by atoms with Crippen LogP contribution in [0, 0.1) is 5.82 Å². The number of benzene rings is 1. The van der Waals surface area contributed by atoms with Gasteiger partial charge in [-0.15, -0.1) is 0 Å². The lowest BCUT2D eigenvalue weighted by Crippen LogP contribution is -2.03. The summed E-state index contributed by atoms with van der Waals surface area (Å²) in [6.45, 7) is 1.54. The summed E-state index contributed by atoms with van der Waals surface area (Å²) >= 11 is 1.53. The topological polar surface area (TPSA) is 34.1 Å². The molecule has 0 bridgehead atoms. The molecule has 1 N–H and O–H groups in total. The first-order valence-corrected chi connectivity index (χ1v) is 5.90. The molecule has 0 atom stereocenters. The van der Waals surface area contributed by atoms with Crippen LogP contribution in [0.5, 0.6) is 0 Å². The minimum atomic E-state index is -0.247. The second-order valence-electron chi connectivity index (χ2n) is 3.40. The van der Waals surface area contributed by atoms with Gasteiger partial charge >= 0.3 is 0 Å². The van der Waals surface area contributed by atoms with Crippen LogP contribution in [-0.2, 0) is 4.74 Å². The van der Waals surface area contributed by atoms with E-state index in [1.807, 2.05) is 0 Å². The SMILES string of the molecule is COCCCNc1nc2cc(F)ccc2s1. The molecule has 0 fully saturated rings. The summed E-state index contributed by atoms with van der Waals surface area (Å²) in [5.74, 6) is -0.247. The number of thiazole rings is 1. The number of methoxy groups -OCH3 is 1. The first-order valence-electron chi connectivity index (χ1n) is 5.08. The smallest absolute Gasteiger partial charge is 0.183 e. The fourth-order valence-corrected chi connectivity index (χ4v) is 2.26. The molecule has 0 spiro atoms. The molecule has 1 aromatic heterocycles. The van der Waals surface area contributed by atoms with Crippen molar-refractivity contribution in [2.45, 2.75) is 6.42 Å². The largest absolute Gasteiger partial charge is 0.385 e. The lowest BCUT2D eigenvalue weighted by atomic mass is 10.3. The van der Waals surface area contributed by atoms with Crippen molar-refractivity contribution >= 4 is 26.7 Å². The molecule has 0 aliphatic rings. The van der Waals surface area contributed by atoms with Gasteiger partial charge in [0.05, 0.1) is 10.2 Å². The van der Waals surface area contributed by atoms with Gasteiger partial charge in [0.1, 0.15) is 5.82 Å². The van der Waals surface area contributed by atoms with Crippen LogP contribution < -0.4 is 5.32 Å². The van der Waals surface area contributed by atoms with E-state index in [-0.39, 0.29) is 5.82 Å². The van der Waals surface area contributed by atoms with Crippen LogP contribution in [0.3, 0.4) is 0 Å². The normalized spacial score (nSPS) is 10.9. The van der Waals surface area contributed by atoms with E-state index in [0.29, 0.717) is 5.52 Å². The van der Waals surface area contributed by atoms with Crippen molar-refractivity contribution in [3.05, 3.63) is 24.0 Å². The first kappa shape index (κ1) is 11.3. The van der Waals surface area contributed by atoms with Crippen LogP contribution in [-0.4, -0.2) is 25.2 Å². The molecule has 0 unspecified atom stereocenters. The van der Waals surface area contributed by atoms with E-state index < -0.39 is 0 Å². The Labute approximate surface area is 97.3 Å². The third kappa shape index (κ3) is 2.68. The number of aromatic nitrogens is 1. The predicted octanol–water partition coefficient (Wildman–Crippen LogP) is 2.88. The highest BCUT2D eigenvalue weighted by molar-refractivity contribution is 7.22. The van der Waals surface area contributed by atoms with Gasteiger partial charge in [0.2, 0.25) is 0 Å². The maximum Gasteiger partial charge on any atom is 0.183 e. The van der Waals surface area contributed by atoms with E-state index in [2.05, 4.69) is 10.3 Å². The summed E-state index contributed by atoms with van der Waals surface area (Å²) < 4.78 is 18.9. The number of fused-ring (bicyclic) bond motifs is 1. The highest BCUT2D eigenvalue weighted by Gasteiger charge is 2.03. The molecule has 0 radical (unpaired) electrons. The van der Waals surface area contributed by atoms with Crippen molar-refractivity contribution in [3.8, 4) is 0 Å². The van der Waals surface area contributed by atoms with Gasteiger partial charge in [-0.2, -0.15) is 0 Å². The molecule has 16 heavy (non-hydrogen) atoms. The molecule has 0 saturated carbocycles. The molecule has 0 saturated heterocycles. The highest BCUT2D eigenvalue weighted by Crippen LogP contribution is 2.26. The van der Waals surface area contributed by atoms with Crippen molar-refractivity contribution < 1.29 is 9.13 Å². The molecule has 0 aliphatic heterocycles. The molecule has 1 aromatic carbocycles. The maximum atomic E-state index is 12.9. The second kappa shape index (κ2) is 5.23. The quantitative estimate of drug-likeness (QED) is 0.816. The van der Waals surface area contributed by atoms with Crippen LogP contribution >= 0.6 is 11.3 Å². The zero-order valence-electron chi connectivity index (χ0n) is 9.00. The van der Waals surface area contributed by atoms with Gasteiger partial charge in [0.25, 0.3) is 0 Å². The minimum Gasteiger partial charge on any atom is -0.385 e. The number of hydrogen-bond acceptors (Lipinski definition) is 4. The summed E-state index contributed by atoms with van der Waals surface area (Å²) in [6, 6.07) is 4.66. The molecule has 86 valence electrons. The molecular formula is C11H13FN2OS. The standard InChI is InChI=1S/C11H13FN2OS/c1-15-6-2-5-13-11-14-9-7-8(12)3-4-10(9)16-11/h3-4,7H,2,5-6H2,1H3,(H,13,14). The number of ether oxygens (including phenoxy) is 1. The maximum absolute atomic E-state index is 12.9. The van der Waals surface area contributed by atoms with Gasteiger partial charge < -0.3 is 10.1 Å². The molecule has 2 rings (SSSR count). The molecule has 3 nitrogen and oxygen atoms in total.